The highest BCUT2D eigenvalue weighted by Crippen LogP contribution is 2.18. The molecule has 0 saturated carbocycles. The molecule has 132 valence electrons. The lowest BCUT2D eigenvalue weighted by Gasteiger charge is -2.06. The van der Waals surface area contributed by atoms with Crippen LogP contribution in [0.3, 0.4) is 0 Å². The fourth-order valence-corrected chi connectivity index (χ4v) is 2.73. The summed E-state index contributed by atoms with van der Waals surface area (Å²) in [5.74, 6) is 1.90. The summed E-state index contributed by atoms with van der Waals surface area (Å²) < 4.78 is 0. The van der Waals surface area contributed by atoms with Crippen LogP contribution >= 0.6 is 0 Å². The Labute approximate surface area is 159 Å². The van der Waals surface area contributed by atoms with Gasteiger partial charge in [-0.25, -0.2) is 15.0 Å². The number of hydrogen-bond acceptors (Lipinski definition) is 3. The third kappa shape index (κ3) is 4.01. The summed E-state index contributed by atoms with van der Waals surface area (Å²) >= 11 is 0. The van der Waals surface area contributed by atoms with Crippen molar-refractivity contribution in [2.75, 3.05) is 5.32 Å². The van der Waals surface area contributed by atoms with Crippen molar-refractivity contribution in [2.45, 2.75) is 13.8 Å². The van der Waals surface area contributed by atoms with Gasteiger partial charge in [-0.2, -0.15) is 0 Å². The van der Waals surface area contributed by atoms with Gasteiger partial charge in [0.2, 0.25) is 0 Å². The third-order valence-electron chi connectivity index (χ3n) is 4.26. The predicted molar refractivity (Wildman–Crippen MR) is 113 cm³/mol. The minimum absolute atomic E-state index is 0.582. The maximum atomic E-state index is 4.71. The van der Waals surface area contributed by atoms with Crippen molar-refractivity contribution >= 4 is 28.9 Å². The van der Waals surface area contributed by atoms with E-state index >= 15 is 0 Å². The van der Waals surface area contributed by atoms with E-state index in [0.717, 1.165) is 16.9 Å². The van der Waals surface area contributed by atoms with Crippen LogP contribution in [0.2, 0.25) is 0 Å². The molecule has 1 aliphatic rings. The van der Waals surface area contributed by atoms with Gasteiger partial charge >= 0.3 is 0 Å². The Kier molecular flexibility index (Phi) is 4.62. The molecule has 1 aliphatic heterocycles. The monoisotopic (exact) mass is 352 g/mol. The molecule has 4 nitrogen and oxygen atoms in total. The summed E-state index contributed by atoms with van der Waals surface area (Å²) in [6, 6.07) is 26.2. The first-order valence-electron chi connectivity index (χ1n) is 8.90. The first kappa shape index (κ1) is 16.9. The fraction of sp³-hybridized carbons (Fsp3) is 0.0870. The molecule has 0 saturated heterocycles. The number of rotatable bonds is 3. The minimum Gasteiger partial charge on any atom is -0.337 e. The second-order valence-electron chi connectivity index (χ2n) is 6.52. The predicted octanol–water partition coefficient (Wildman–Crippen LogP) is 5.30. The molecule has 0 amide bonds. The molecule has 0 bridgehead atoms. The van der Waals surface area contributed by atoms with Gasteiger partial charge in [-0.1, -0.05) is 65.7 Å². The molecule has 0 radical (unpaired) electrons. The second kappa shape index (κ2) is 7.38. The van der Waals surface area contributed by atoms with E-state index in [1.165, 1.54) is 11.1 Å². The van der Waals surface area contributed by atoms with Crippen LogP contribution in [0.5, 0.6) is 0 Å². The van der Waals surface area contributed by atoms with Gasteiger partial charge in [0.05, 0.1) is 5.69 Å². The zero-order valence-corrected chi connectivity index (χ0v) is 15.3. The van der Waals surface area contributed by atoms with Crippen LogP contribution in [-0.4, -0.2) is 17.5 Å². The first-order valence-corrected chi connectivity index (χ1v) is 8.90. The highest BCUT2D eigenvalue weighted by Gasteiger charge is 2.19. The number of benzene rings is 3. The van der Waals surface area contributed by atoms with Crippen molar-refractivity contribution in [1.82, 2.24) is 0 Å². The molecule has 0 spiro atoms. The molecule has 4 heteroatoms. The highest BCUT2D eigenvalue weighted by molar-refractivity contribution is 6.51. The Morgan fingerprint density at radius 3 is 2.00 bits per heavy atom. The van der Waals surface area contributed by atoms with Crippen LogP contribution in [0, 0.1) is 13.8 Å². The average Bonchev–Trinajstić information content (AvgIpc) is 3.08. The number of aryl methyl sites for hydroxylation is 2. The lowest BCUT2D eigenvalue weighted by molar-refractivity contribution is 1.43. The Morgan fingerprint density at radius 1 is 0.704 bits per heavy atom. The molecule has 3 aromatic carbocycles. The van der Waals surface area contributed by atoms with E-state index < -0.39 is 0 Å². The molecule has 0 unspecified atom stereocenters. The summed E-state index contributed by atoms with van der Waals surface area (Å²) in [6.45, 7) is 4.13. The number of nitrogens with one attached hydrogen (secondary N) is 1. The summed E-state index contributed by atoms with van der Waals surface area (Å²) in [7, 11) is 0. The number of nitrogens with zero attached hydrogens (tertiary/aromatic N) is 3. The van der Waals surface area contributed by atoms with Gasteiger partial charge in [-0.15, -0.1) is 0 Å². The molecular weight excluding hydrogens is 332 g/mol. The topological polar surface area (TPSA) is 49.1 Å². The number of amidine groups is 3. The van der Waals surface area contributed by atoms with E-state index in [9.17, 15) is 0 Å². The summed E-state index contributed by atoms with van der Waals surface area (Å²) in [4.78, 5) is 14.1. The number of hydrogen-bond donors (Lipinski definition) is 1. The third-order valence-corrected chi connectivity index (χ3v) is 4.26. The van der Waals surface area contributed by atoms with E-state index in [1.54, 1.807) is 0 Å². The van der Waals surface area contributed by atoms with Gasteiger partial charge in [0, 0.05) is 11.3 Å². The van der Waals surface area contributed by atoms with Crippen molar-refractivity contribution in [2.24, 2.45) is 15.0 Å². The normalized spacial score (nSPS) is 14.8. The average molecular weight is 352 g/mol. The van der Waals surface area contributed by atoms with Gasteiger partial charge < -0.3 is 5.32 Å². The largest absolute Gasteiger partial charge is 0.337 e. The van der Waals surface area contributed by atoms with Gasteiger partial charge in [-0.3, -0.25) is 0 Å². The Morgan fingerprint density at radius 2 is 1.33 bits per heavy atom. The Hall–Kier alpha value is -3.53. The molecule has 0 atom stereocenters. The van der Waals surface area contributed by atoms with Crippen molar-refractivity contribution in [3.63, 3.8) is 0 Å². The highest BCUT2D eigenvalue weighted by atomic mass is 15.2. The SMILES string of the molecule is Cc1ccc(N=C2N=C(c3ccccc3)N=C2Nc2ccc(C)cc2)cc1. The molecule has 0 fully saturated rings. The van der Waals surface area contributed by atoms with Crippen LogP contribution in [0.25, 0.3) is 0 Å². The van der Waals surface area contributed by atoms with E-state index in [4.69, 9.17) is 9.98 Å². The van der Waals surface area contributed by atoms with Gasteiger partial charge in [0.15, 0.2) is 17.5 Å². The first-order chi connectivity index (χ1) is 13.2. The molecule has 27 heavy (non-hydrogen) atoms. The number of anilines is 1. The van der Waals surface area contributed by atoms with E-state index in [1.807, 2.05) is 66.7 Å². The van der Waals surface area contributed by atoms with Gasteiger partial charge in [0.25, 0.3) is 0 Å². The van der Waals surface area contributed by atoms with E-state index in [0.29, 0.717) is 17.5 Å². The Bertz CT molecular complexity index is 1030. The summed E-state index contributed by atoms with van der Waals surface area (Å²) in [5, 5.41) is 3.35. The molecule has 1 heterocycles. The smallest absolute Gasteiger partial charge is 0.198 e. The van der Waals surface area contributed by atoms with Crippen molar-refractivity contribution < 1.29 is 0 Å². The fourth-order valence-electron chi connectivity index (χ4n) is 2.73. The molecule has 0 aliphatic carbocycles. The van der Waals surface area contributed by atoms with Crippen molar-refractivity contribution in [3.05, 3.63) is 95.6 Å². The van der Waals surface area contributed by atoms with E-state index in [2.05, 4.69) is 36.3 Å². The van der Waals surface area contributed by atoms with Crippen LogP contribution in [0.4, 0.5) is 11.4 Å². The van der Waals surface area contributed by atoms with Gasteiger partial charge in [-0.05, 0) is 38.1 Å². The summed E-state index contributed by atoms with van der Waals surface area (Å²) in [5.41, 5.74) is 5.19. The maximum Gasteiger partial charge on any atom is 0.198 e. The zero-order chi connectivity index (χ0) is 18.6. The second-order valence-corrected chi connectivity index (χ2v) is 6.52. The molecule has 1 N–H and O–H groups in total. The van der Waals surface area contributed by atoms with Crippen LogP contribution in [-0.2, 0) is 0 Å². The number of aliphatic imine (C=N–C) groups is 3. The molecule has 4 rings (SSSR count). The van der Waals surface area contributed by atoms with Crippen LogP contribution in [0.15, 0.2) is 93.8 Å². The lowest BCUT2D eigenvalue weighted by atomic mass is 10.2. The van der Waals surface area contributed by atoms with E-state index in [-0.39, 0.29) is 0 Å². The maximum absolute atomic E-state index is 4.71. The lowest BCUT2D eigenvalue weighted by Crippen LogP contribution is -2.18. The standard InChI is InChI=1S/C23H20N4/c1-16-8-12-19(13-9-16)24-22-23(25-20-14-10-17(2)11-15-20)27-21(26-22)18-6-4-3-5-7-18/h3-15H,1-2H3,(H,24,25,26,27). The van der Waals surface area contributed by atoms with Crippen LogP contribution in [0.1, 0.15) is 16.7 Å². The molecule has 3 aromatic rings. The molecule has 0 aromatic heterocycles. The van der Waals surface area contributed by atoms with Gasteiger partial charge in [0.1, 0.15) is 0 Å². The van der Waals surface area contributed by atoms with Crippen molar-refractivity contribution in [3.8, 4) is 0 Å². The quantitative estimate of drug-likeness (QED) is 0.683. The zero-order valence-electron chi connectivity index (χ0n) is 15.3. The summed E-state index contributed by atoms with van der Waals surface area (Å²) in [6.07, 6.45) is 0. The minimum atomic E-state index is 0.582. The van der Waals surface area contributed by atoms with Crippen molar-refractivity contribution in [1.29, 1.82) is 0 Å². The molecular formula is C23H20N4. The Balaban J connectivity index is 1.70. The van der Waals surface area contributed by atoms with Crippen LogP contribution < -0.4 is 5.32 Å².